The van der Waals surface area contributed by atoms with E-state index in [9.17, 15) is 4.79 Å². The summed E-state index contributed by atoms with van der Waals surface area (Å²) in [5.74, 6) is 0.660. The van der Waals surface area contributed by atoms with Gasteiger partial charge in [0.2, 0.25) is 0 Å². The van der Waals surface area contributed by atoms with E-state index in [2.05, 4.69) is 12.6 Å². The van der Waals surface area contributed by atoms with Crippen LogP contribution < -0.4 is 0 Å². The number of hydrogen-bond acceptors (Lipinski definition) is 3. The summed E-state index contributed by atoms with van der Waals surface area (Å²) in [4.78, 5) is 13.1. The van der Waals surface area contributed by atoms with Crippen molar-refractivity contribution >= 4 is 18.7 Å². The molecule has 0 aromatic carbocycles. The maximum absolute atomic E-state index is 11.4. The highest BCUT2D eigenvalue weighted by Crippen LogP contribution is 2.09. The van der Waals surface area contributed by atoms with E-state index in [0.717, 1.165) is 0 Å². The highest BCUT2D eigenvalue weighted by molar-refractivity contribution is 7.80. The molecule has 0 aromatic rings. The minimum atomic E-state index is -0.416. The summed E-state index contributed by atoms with van der Waals surface area (Å²) < 4.78 is 5.20. The molecule has 0 saturated heterocycles. The van der Waals surface area contributed by atoms with E-state index in [-0.39, 0.29) is 6.09 Å². The van der Waals surface area contributed by atoms with Crippen LogP contribution in [0.2, 0.25) is 0 Å². The Morgan fingerprint density at radius 2 is 2.00 bits per heavy atom. The van der Waals surface area contributed by atoms with E-state index in [1.807, 2.05) is 27.7 Å². The molecule has 0 aliphatic heterocycles. The standard InChI is InChI=1S/C9H19NO2S/c1-5-10(6-7-13)8(11)12-9(2,3)4/h13H,5-7H2,1-4H3. The van der Waals surface area contributed by atoms with Gasteiger partial charge in [-0.3, -0.25) is 0 Å². The van der Waals surface area contributed by atoms with Crippen molar-refractivity contribution in [3.8, 4) is 0 Å². The maximum Gasteiger partial charge on any atom is 0.410 e. The molecule has 0 heterocycles. The van der Waals surface area contributed by atoms with Crippen LogP contribution in [0, 0.1) is 0 Å². The average Bonchev–Trinajstić information content (AvgIpc) is 1.96. The Balaban J connectivity index is 4.06. The smallest absolute Gasteiger partial charge is 0.410 e. The van der Waals surface area contributed by atoms with Crippen molar-refractivity contribution in [2.24, 2.45) is 0 Å². The Morgan fingerprint density at radius 3 is 2.31 bits per heavy atom. The first-order valence-corrected chi connectivity index (χ1v) is 5.12. The van der Waals surface area contributed by atoms with Gasteiger partial charge in [-0.05, 0) is 27.7 Å². The third-order valence-electron chi connectivity index (χ3n) is 1.40. The number of hydrogen-bond donors (Lipinski definition) is 1. The number of rotatable bonds is 3. The van der Waals surface area contributed by atoms with Crippen molar-refractivity contribution in [1.29, 1.82) is 0 Å². The van der Waals surface area contributed by atoms with Gasteiger partial charge in [0.25, 0.3) is 0 Å². The van der Waals surface area contributed by atoms with Gasteiger partial charge in [0.05, 0.1) is 0 Å². The van der Waals surface area contributed by atoms with Crippen LogP contribution in [0.4, 0.5) is 4.79 Å². The van der Waals surface area contributed by atoms with E-state index in [4.69, 9.17) is 4.74 Å². The van der Waals surface area contributed by atoms with Crippen LogP contribution in [0.1, 0.15) is 27.7 Å². The molecule has 0 N–H and O–H groups in total. The summed E-state index contributed by atoms with van der Waals surface area (Å²) in [6.45, 7) is 8.80. The fourth-order valence-corrected chi connectivity index (χ4v) is 1.07. The summed E-state index contributed by atoms with van der Waals surface area (Å²) >= 11 is 4.07. The summed E-state index contributed by atoms with van der Waals surface area (Å²) in [6, 6.07) is 0. The molecule has 0 unspecified atom stereocenters. The molecule has 0 spiro atoms. The lowest BCUT2D eigenvalue weighted by molar-refractivity contribution is 0.0272. The number of amides is 1. The zero-order chi connectivity index (χ0) is 10.5. The molecule has 3 nitrogen and oxygen atoms in total. The van der Waals surface area contributed by atoms with Crippen LogP contribution in [0.5, 0.6) is 0 Å². The van der Waals surface area contributed by atoms with Gasteiger partial charge < -0.3 is 9.64 Å². The maximum atomic E-state index is 11.4. The normalized spacial score (nSPS) is 11.2. The zero-order valence-electron chi connectivity index (χ0n) is 8.83. The largest absolute Gasteiger partial charge is 0.444 e. The number of carbonyl (C=O) groups excluding carboxylic acids is 1. The van der Waals surface area contributed by atoms with Gasteiger partial charge in [0.1, 0.15) is 5.60 Å². The molecule has 0 bridgehead atoms. The molecule has 78 valence electrons. The van der Waals surface area contributed by atoms with Crippen molar-refractivity contribution in [2.45, 2.75) is 33.3 Å². The summed E-state index contributed by atoms with van der Waals surface area (Å²) in [7, 11) is 0. The van der Waals surface area contributed by atoms with Crippen LogP contribution in [-0.2, 0) is 4.74 Å². The Labute approximate surface area is 85.8 Å². The first-order chi connectivity index (χ1) is 5.90. The molecule has 0 atom stereocenters. The molecular formula is C9H19NO2S. The lowest BCUT2D eigenvalue weighted by Crippen LogP contribution is -2.37. The van der Waals surface area contributed by atoms with Gasteiger partial charge in [0.15, 0.2) is 0 Å². The lowest BCUT2D eigenvalue weighted by atomic mass is 10.2. The second-order valence-electron chi connectivity index (χ2n) is 3.78. The minimum absolute atomic E-state index is 0.260. The molecule has 0 radical (unpaired) electrons. The van der Waals surface area contributed by atoms with Crippen molar-refractivity contribution in [2.75, 3.05) is 18.8 Å². The van der Waals surface area contributed by atoms with Crippen molar-refractivity contribution in [1.82, 2.24) is 4.90 Å². The van der Waals surface area contributed by atoms with E-state index in [1.165, 1.54) is 0 Å². The third-order valence-corrected chi connectivity index (χ3v) is 1.60. The number of thiol groups is 1. The van der Waals surface area contributed by atoms with Crippen LogP contribution in [0.15, 0.2) is 0 Å². The highest BCUT2D eigenvalue weighted by atomic mass is 32.1. The van der Waals surface area contributed by atoms with Crippen molar-refractivity contribution in [3.05, 3.63) is 0 Å². The Hall–Kier alpha value is -0.380. The molecule has 4 heteroatoms. The third kappa shape index (κ3) is 5.80. The van der Waals surface area contributed by atoms with Gasteiger partial charge in [0, 0.05) is 18.8 Å². The number of nitrogens with zero attached hydrogens (tertiary/aromatic N) is 1. The summed E-state index contributed by atoms with van der Waals surface area (Å²) in [5.41, 5.74) is -0.416. The summed E-state index contributed by atoms with van der Waals surface area (Å²) in [6.07, 6.45) is -0.260. The molecule has 13 heavy (non-hydrogen) atoms. The fourth-order valence-electron chi connectivity index (χ4n) is 0.826. The molecular weight excluding hydrogens is 186 g/mol. The number of carbonyl (C=O) groups is 1. The van der Waals surface area contributed by atoms with Gasteiger partial charge >= 0.3 is 6.09 Å². The second kappa shape index (κ2) is 5.37. The molecule has 0 rings (SSSR count). The molecule has 0 saturated carbocycles. The molecule has 1 amide bonds. The number of ether oxygens (including phenoxy) is 1. The van der Waals surface area contributed by atoms with E-state index >= 15 is 0 Å². The Morgan fingerprint density at radius 1 is 1.46 bits per heavy atom. The second-order valence-corrected chi connectivity index (χ2v) is 4.23. The Kier molecular flexibility index (Phi) is 5.21. The quantitative estimate of drug-likeness (QED) is 0.716. The molecule has 0 aliphatic rings. The zero-order valence-corrected chi connectivity index (χ0v) is 9.73. The molecule has 0 aromatic heterocycles. The van der Waals surface area contributed by atoms with Crippen LogP contribution >= 0.6 is 12.6 Å². The van der Waals surface area contributed by atoms with E-state index in [1.54, 1.807) is 4.90 Å². The topological polar surface area (TPSA) is 29.5 Å². The molecule has 0 aliphatic carbocycles. The average molecular weight is 205 g/mol. The van der Waals surface area contributed by atoms with Crippen LogP contribution in [-0.4, -0.2) is 35.4 Å². The van der Waals surface area contributed by atoms with Gasteiger partial charge in [-0.15, -0.1) is 0 Å². The first kappa shape index (κ1) is 12.6. The van der Waals surface area contributed by atoms with Crippen LogP contribution in [0.3, 0.4) is 0 Å². The highest BCUT2D eigenvalue weighted by Gasteiger charge is 2.20. The first-order valence-electron chi connectivity index (χ1n) is 4.49. The Bertz CT molecular complexity index is 165. The summed E-state index contributed by atoms with van der Waals surface area (Å²) in [5, 5.41) is 0. The fraction of sp³-hybridized carbons (Fsp3) is 0.889. The SMILES string of the molecule is CCN(CCS)C(=O)OC(C)(C)C. The minimum Gasteiger partial charge on any atom is -0.444 e. The predicted octanol–water partition coefficient (Wildman–Crippen LogP) is 2.17. The predicted molar refractivity (Wildman–Crippen MR) is 57.3 cm³/mol. The van der Waals surface area contributed by atoms with Gasteiger partial charge in [-0.25, -0.2) is 4.79 Å². The van der Waals surface area contributed by atoms with E-state index in [0.29, 0.717) is 18.8 Å². The molecule has 0 fully saturated rings. The van der Waals surface area contributed by atoms with Crippen molar-refractivity contribution < 1.29 is 9.53 Å². The van der Waals surface area contributed by atoms with Gasteiger partial charge in [-0.1, -0.05) is 0 Å². The van der Waals surface area contributed by atoms with Gasteiger partial charge in [-0.2, -0.15) is 12.6 Å². The monoisotopic (exact) mass is 205 g/mol. The van der Waals surface area contributed by atoms with Crippen LogP contribution in [0.25, 0.3) is 0 Å². The van der Waals surface area contributed by atoms with Crippen molar-refractivity contribution in [3.63, 3.8) is 0 Å². The van der Waals surface area contributed by atoms with E-state index < -0.39 is 5.60 Å². The lowest BCUT2D eigenvalue weighted by Gasteiger charge is -2.26.